The van der Waals surface area contributed by atoms with Crippen LogP contribution in [-0.2, 0) is 11.3 Å². The minimum absolute atomic E-state index is 0.310. The Morgan fingerprint density at radius 3 is 2.77 bits per heavy atom. The summed E-state index contributed by atoms with van der Waals surface area (Å²) in [6.07, 6.45) is 4.44. The molecule has 1 saturated heterocycles. The van der Waals surface area contributed by atoms with Gasteiger partial charge in [-0.3, -0.25) is 0 Å². The maximum absolute atomic E-state index is 14.1. The first-order chi connectivity index (χ1) is 17.1. The number of rotatable bonds is 5. The predicted octanol–water partition coefficient (Wildman–Crippen LogP) is 4.31. The molecule has 2 aliphatic heterocycles. The van der Waals surface area contributed by atoms with Crippen LogP contribution in [0.3, 0.4) is 0 Å². The molecule has 1 N–H and O–H groups in total. The van der Waals surface area contributed by atoms with E-state index in [0.29, 0.717) is 59.3 Å². The van der Waals surface area contributed by atoms with Crippen molar-refractivity contribution in [3.8, 4) is 5.88 Å². The van der Waals surface area contributed by atoms with Crippen LogP contribution >= 0.6 is 11.6 Å². The highest BCUT2D eigenvalue weighted by Crippen LogP contribution is 2.40. The summed E-state index contributed by atoms with van der Waals surface area (Å²) in [6, 6.07) is 8.84. The lowest BCUT2D eigenvalue weighted by molar-refractivity contribution is 0.0810. The number of nitrogens with one attached hydrogen (secondary N) is 1. The smallest absolute Gasteiger partial charge is 0.242 e. The van der Waals surface area contributed by atoms with Crippen molar-refractivity contribution < 1.29 is 13.9 Å². The number of fused-ring (bicyclic) bond motifs is 3. The predicted molar refractivity (Wildman–Crippen MR) is 130 cm³/mol. The molecule has 10 heteroatoms. The number of piperidine rings is 1. The molecule has 0 spiro atoms. The molecule has 4 atom stereocenters. The largest absolute Gasteiger partial charge is 0.481 e. The minimum Gasteiger partial charge on any atom is -0.481 e. The molecule has 2 fully saturated rings. The van der Waals surface area contributed by atoms with Gasteiger partial charge in [0.15, 0.2) is 5.82 Å². The highest BCUT2D eigenvalue weighted by atomic mass is 35.5. The topological polar surface area (TPSA) is 77.3 Å². The third-order valence-corrected chi connectivity index (χ3v) is 7.56. The van der Waals surface area contributed by atoms with Crippen molar-refractivity contribution in [3.05, 3.63) is 58.8 Å². The number of aryl methyl sites for hydroxylation is 1. The Balaban J connectivity index is 1.21. The number of hydrogen-bond donors (Lipinski definition) is 1. The van der Waals surface area contributed by atoms with Gasteiger partial charge in [-0.05, 0) is 60.9 Å². The van der Waals surface area contributed by atoms with E-state index in [1.165, 1.54) is 25.0 Å². The van der Waals surface area contributed by atoms with Crippen molar-refractivity contribution in [2.45, 2.75) is 38.0 Å². The van der Waals surface area contributed by atoms with Crippen molar-refractivity contribution >= 4 is 23.2 Å². The van der Waals surface area contributed by atoms with Crippen LogP contribution in [0, 0.1) is 17.7 Å². The number of methoxy groups -OCH3 is 1. The number of aromatic nitrogens is 4. The second kappa shape index (κ2) is 9.28. The standard InChI is InChI=1S/C25H28ClFN6O2/c1-34-21-12-20(5-6-28-21)32-13-15-3-4-16(14-32)22(15)29-25-30-24-23(35-8-2-7-33(24)31-25)17-9-18(26)11-19(27)10-17/h5-6,9-12,15-16,22-23H,2-4,7-8,13-14H2,1H3,(H,29,31)/t15-,16?,22?,23-/m0/s1. The third-order valence-electron chi connectivity index (χ3n) is 7.34. The van der Waals surface area contributed by atoms with Gasteiger partial charge in [0.2, 0.25) is 11.8 Å². The number of ether oxygens (including phenoxy) is 2. The van der Waals surface area contributed by atoms with E-state index in [9.17, 15) is 4.39 Å². The molecule has 2 bridgehead atoms. The van der Waals surface area contributed by atoms with Crippen molar-refractivity contribution in [2.24, 2.45) is 11.8 Å². The summed E-state index contributed by atoms with van der Waals surface area (Å²) in [7, 11) is 1.64. The Labute approximate surface area is 208 Å². The van der Waals surface area contributed by atoms with Gasteiger partial charge >= 0.3 is 0 Å². The summed E-state index contributed by atoms with van der Waals surface area (Å²) < 4.78 is 27.3. The highest BCUT2D eigenvalue weighted by Gasteiger charge is 2.43. The van der Waals surface area contributed by atoms with E-state index >= 15 is 0 Å². The molecular weight excluding hydrogens is 471 g/mol. The van der Waals surface area contributed by atoms with Crippen LogP contribution in [-0.4, -0.2) is 52.6 Å². The van der Waals surface area contributed by atoms with Gasteiger partial charge in [-0.15, -0.1) is 5.10 Å². The first-order valence-electron chi connectivity index (χ1n) is 12.1. The Hall–Kier alpha value is -2.91. The van der Waals surface area contributed by atoms with Crippen molar-refractivity contribution in [1.82, 2.24) is 19.7 Å². The summed E-state index contributed by atoms with van der Waals surface area (Å²) >= 11 is 6.12. The summed E-state index contributed by atoms with van der Waals surface area (Å²) in [5.74, 6) is 2.52. The molecule has 2 aromatic heterocycles. The minimum atomic E-state index is -0.506. The number of halogens is 2. The summed E-state index contributed by atoms with van der Waals surface area (Å²) in [5, 5.41) is 8.76. The fraction of sp³-hybridized carbons (Fsp3) is 0.480. The molecule has 1 aromatic carbocycles. The first kappa shape index (κ1) is 22.5. The zero-order chi connectivity index (χ0) is 23.9. The SMILES string of the molecule is COc1cc(N2CC3CC[C@@H](C2)C3Nc2nc3n(n2)CCCO[C@H]3c2cc(F)cc(Cl)c2)ccn1. The lowest BCUT2D eigenvalue weighted by atomic mass is 9.92. The monoisotopic (exact) mass is 498 g/mol. The molecule has 3 aromatic rings. The second-order valence-corrected chi connectivity index (χ2v) is 9.99. The second-order valence-electron chi connectivity index (χ2n) is 9.55. The van der Waals surface area contributed by atoms with Gasteiger partial charge in [-0.25, -0.2) is 14.1 Å². The molecule has 184 valence electrons. The van der Waals surface area contributed by atoms with E-state index in [2.05, 4.69) is 15.2 Å². The van der Waals surface area contributed by atoms with E-state index in [-0.39, 0.29) is 5.82 Å². The van der Waals surface area contributed by atoms with Gasteiger partial charge < -0.3 is 19.7 Å². The van der Waals surface area contributed by atoms with Gasteiger partial charge in [-0.1, -0.05) is 11.6 Å². The Bertz CT molecular complexity index is 1190. The van der Waals surface area contributed by atoms with Crippen LogP contribution in [0.15, 0.2) is 36.5 Å². The molecule has 8 nitrogen and oxygen atoms in total. The van der Waals surface area contributed by atoms with E-state index in [4.69, 9.17) is 31.2 Å². The normalized spacial score (nSPS) is 25.7. The van der Waals surface area contributed by atoms with Gasteiger partial charge in [0.1, 0.15) is 11.9 Å². The Morgan fingerprint density at radius 2 is 2.00 bits per heavy atom. The molecule has 1 saturated carbocycles. The van der Waals surface area contributed by atoms with Gasteiger partial charge in [-0.2, -0.15) is 4.98 Å². The van der Waals surface area contributed by atoms with Crippen LogP contribution in [0.5, 0.6) is 5.88 Å². The Kier molecular flexibility index (Phi) is 5.98. The fourth-order valence-electron chi connectivity index (χ4n) is 5.76. The number of hydrogen-bond acceptors (Lipinski definition) is 7. The molecule has 1 aliphatic carbocycles. The van der Waals surface area contributed by atoms with E-state index in [1.807, 2.05) is 16.8 Å². The van der Waals surface area contributed by atoms with E-state index in [0.717, 1.165) is 25.2 Å². The molecule has 6 rings (SSSR count). The maximum Gasteiger partial charge on any atom is 0.242 e. The average molecular weight is 499 g/mol. The van der Waals surface area contributed by atoms with E-state index < -0.39 is 6.10 Å². The van der Waals surface area contributed by atoms with Crippen LogP contribution in [0.25, 0.3) is 0 Å². The summed E-state index contributed by atoms with van der Waals surface area (Å²) in [6.45, 7) is 3.18. The molecule has 0 amide bonds. The maximum atomic E-state index is 14.1. The number of anilines is 2. The quantitative estimate of drug-likeness (QED) is 0.561. The average Bonchev–Trinajstić information content (AvgIpc) is 3.25. The molecule has 35 heavy (non-hydrogen) atoms. The number of nitrogens with zero attached hydrogens (tertiary/aromatic N) is 5. The van der Waals surface area contributed by atoms with Crippen molar-refractivity contribution in [2.75, 3.05) is 37.0 Å². The molecule has 4 heterocycles. The molecule has 3 aliphatic rings. The molecule has 0 radical (unpaired) electrons. The summed E-state index contributed by atoms with van der Waals surface area (Å²) in [4.78, 5) is 11.5. The number of pyridine rings is 1. The van der Waals surface area contributed by atoms with Crippen molar-refractivity contribution in [1.29, 1.82) is 0 Å². The third kappa shape index (κ3) is 4.43. The van der Waals surface area contributed by atoms with Gasteiger partial charge in [0, 0.05) is 55.3 Å². The first-order valence-corrected chi connectivity index (χ1v) is 12.5. The van der Waals surface area contributed by atoms with E-state index in [1.54, 1.807) is 19.4 Å². The zero-order valence-corrected chi connectivity index (χ0v) is 20.3. The number of benzene rings is 1. The fourth-order valence-corrected chi connectivity index (χ4v) is 5.99. The molecular formula is C25H28ClFN6O2. The molecule has 2 unspecified atom stereocenters. The highest BCUT2D eigenvalue weighted by molar-refractivity contribution is 6.30. The van der Waals surface area contributed by atoms with Gasteiger partial charge in [0.05, 0.1) is 7.11 Å². The summed E-state index contributed by atoms with van der Waals surface area (Å²) in [5.41, 5.74) is 1.80. The van der Waals surface area contributed by atoms with Crippen LogP contribution < -0.4 is 15.0 Å². The zero-order valence-electron chi connectivity index (χ0n) is 19.5. The lowest BCUT2D eigenvalue weighted by Crippen LogP contribution is -2.48. The van der Waals surface area contributed by atoms with Crippen LogP contribution in [0.2, 0.25) is 5.02 Å². The lowest BCUT2D eigenvalue weighted by Gasteiger charge is -2.39. The van der Waals surface area contributed by atoms with Crippen LogP contribution in [0.4, 0.5) is 16.0 Å². The van der Waals surface area contributed by atoms with Crippen molar-refractivity contribution in [3.63, 3.8) is 0 Å². The van der Waals surface area contributed by atoms with Crippen LogP contribution in [0.1, 0.15) is 36.8 Å². The Morgan fingerprint density at radius 1 is 1.17 bits per heavy atom. The van der Waals surface area contributed by atoms with Gasteiger partial charge in [0.25, 0.3) is 0 Å².